The average molecular weight is 223 g/mol. The molecule has 0 radical (unpaired) electrons. The molecule has 1 aromatic rings. The third-order valence-corrected chi connectivity index (χ3v) is 2.49. The van der Waals surface area contributed by atoms with Crippen LogP contribution < -0.4 is 0 Å². The van der Waals surface area contributed by atoms with Crippen LogP contribution in [0.3, 0.4) is 0 Å². The topological polar surface area (TPSA) is 59.4 Å². The van der Waals surface area contributed by atoms with Crippen LogP contribution >= 0.6 is 0 Å². The van der Waals surface area contributed by atoms with Crippen molar-refractivity contribution in [2.45, 2.75) is 39.4 Å². The Morgan fingerprint density at radius 3 is 2.75 bits per heavy atom. The molecule has 0 aromatic carbocycles. The summed E-state index contributed by atoms with van der Waals surface area (Å²) in [5.74, 6) is -1.02. The Bertz CT molecular complexity index is 374. The molecule has 1 aromatic heterocycles. The van der Waals surface area contributed by atoms with Crippen molar-refractivity contribution in [3.8, 4) is 0 Å². The molecule has 0 atom stereocenters. The fraction of sp³-hybridized carbons (Fsp3) is 0.500. The standard InChI is InChI=1S/C12H17NO3/c1-4-12(2,3)16-8-9-6-5-7-10(13-9)11(14)15/h5-7H,4,8H2,1-3H3,(H,14,15). The first-order chi connectivity index (χ1) is 7.44. The number of hydrogen-bond acceptors (Lipinski definition) is 3. The molecule has 0 bridgehead atoms. The van der Waals surface area contributed by atoms with Gasteiger partial charge in [-0.1, -0.05) is 13.0 Å². The highest BCUT2D eigenvalue weighted by Crippen LogP contribution is 2.15. The molecule has 0 amide bonds. The first-order valence-electron chi connectivity index (χ1n) is 5.28. The Kier molecular flexibility index (Phi) is 4.01. The smallest absolute Gasteiger partial charge is 0.354 e. The van der Waals surface area contributed by atoms with Crippen LogP contribution in [-0.2, 0) is 11.3 Å². The van der Waals surface area contributed by atoms with Gasteiger partial charge in [-0.05, 0) is 32.4 Å². The van der Waals surface area contributed by atoms with Crippen LogP contribution in [0.2, 0.25) is 0 Å². The summed E-state index contributed by atoms with van der Waals surface area (Å²) in [6.07, 6.45) is 0.894. The maximum absolute atomic E-state index is 10.7. The van der Waals surface area contributed by atoms with Gasteiger partial charge in [0.1, 0.15) is 5.69 Å². The molecule has 0 aliphatic heterocycles. The fourth-order valence-electron chi connectivity index (χ4n) is 1.05. The molecule has 4 heteroatoms. The summed E-state index contributed by atoms with van der Waals surface area (Å²) < 4.78 is 5.64. The van der Waals surface area contributed by atoms with E-state index < -0.39 is 5.97 Å². The Morgan fingerprint density at radius 1 is 1.50 bits per heavy atom. The second kappa shape index (κ2) is 5.07. The van der Waals surface area contributed by atoms with Crippen molar-refractivity contribution in [3.05, 3.63) is 29.6 Å². The number of nitrogens with zero attached hydrogens (tertiary/aromatic N) is 1. The van der Waals surface area contributed by atoms with Crippen molar-refractivity contribution in [2.75, 3.05) is 0 Å². The first-order valence-corrected chi connectivity index (χ1v) is 5.28. The van der Waals surface area contributed by atoms with Gasteiger partial charge in [-0.25, -0.2) is 9.78 Å². The number of hydrogen-bond donors (Lipinski definition) is 1. The predicted molar refractivity (Wildman–Crippen MR) is 60.4 cm³/mol. The van der Waals surface area contributed by atoms with Crippen molar-refractivity contribution < 1.29 is 14.6 Å². The highest BCUT2D eigenvalue weighted by atomic mass is 16.5. The Morgan fingerprint density at radius 2 is 2.19 bits per heavy atom. The zero-order valence-corrected chi connectivity index (χ0v) is 9.86. The average Bonchev–Trinajstić information content (AvgIpc) is 2.27. The summed E-state index contributed by atoms with van der Waals surface area (Å²) in [7, 11) is 0. The first kappa shape index (κ1) is 12.6. The van der Waals surface area contributed by atoms with Crippen LogP contribution in [-0.4, -0.2) is 21.7 Å². The monoisotopic (exact) mass is 223 g/mol. The van der Waals surface area contributed by atoms with E-state index in [9.17, 15) is 4.79 Å². The van der Waals surface area contributed by atoms with Gasteiger partial charge in [-0.3, -0.25) is 0 Å². The molecule has 0 aliphatic rings. The zero-order valence-electron chi connectivity index (χ0n) is 9.86. The SMILES string of the molecule is CCC(C)(C)OCc1cccc(C(=O)O)n1. The minimum Gasteiger partial charge on any atom is -0.477 e. The molecule has 4 nitrogen and oxygen atoms in total. The van der Waals surface area contributed by atoms with Gasteiger partial charge in [-0.15, -0.1) is 0 Å². The summed E-state index contributed by atoms with van der Waals surface area (Å²) in [5, 5.41) is 8.78. The van der Waals surface area contributed by atoms with E-state index in [0.717, 1.165) is 6.42 Å². The summed E-state index contributed by atoms with van der Waals surface area (Å²) in [6.45, 7) is 6.37. The van der Waals surface area contributed by atoms with Crippen molar-refractivity contribution in [1.82, 2.24) is 4.98 Å². The van der Waals surface area contributed by atoms with Crippen LogP contribution in [0.25, 0.3) is 0 Å². The molecule has 1 N–H and O–H groups in total. The lowest BCUT2D eigenvalue weighted by molar-refractivity contribution is -0.0330. The van der Waals surface area contributed by atoms with E-state index in [1.165, 1.54) is 6.07 Å². The van der Waals surface area contributed by atoms with E-state index >= 15 is 0 Å². The second-order valence-corrected chi connectivity index (χ2v) is 4.22. The summed E-state index contributed by atoms with van der Waals surface area (Å²) in [5.41, 5.74) is 0.484. The summed E-state index contributed by atoms with van der Waals surface area (Å²) >= 11 is 0. The molecule has 1 rings (SSSR count). The molecule has 88 valence electrons. The minimum absolute atomic E-state index is 0.0513. The molecule has 0 saturated carbocycles. The maximum Gasteiger partial charge on any atom is 0.354 e. The van der Waals surface area contributed by atoms with Crippen molar-refractivity contribution >= 4 is 5.97 Å². The predicted octanol–water partition coefficient (Wildman–Crippen LogP) is 2.49. The highest BCUT2D eigenvalue weighted by molar-refractivity contribution is 5.85. The lowest BCUT2D eigenvalue weighted by Crippen LogP contribution is -2.23. The van der Waals surface area contributed by atoms with Crippen LogP contribution in [0, 0.1) is 0 Å². The molecule has 0 spiro atoms. The number of pyridine rings is 1. The van der Waals surface area contributed by atoms with Gasteiger partial charge in [-0.2, -0.15) is 0 Å². The number of ether oxygens (including phenoxy) is 1. The third-order valence-electron chi connectivity index (χ3n) is 2.49. The summed E-state index contributed by atoms with van der Waals surface area (Å²) in [6, 6.07) is 4.91. The van der Waals surface area contributed by atoms with Crippen molar-refractivity contribution in [3.63, 3.8) is 0 Å². The number of carbonyl (C=O) groups is 1. The van der Waals surface area contributed by atoms with Gasteiger partial charge in [0.05, 0.1) is 17.9 Å². The largest absolute Gasteiger partial charge is 0.477 e. The van der Waals surface area contributed by atoms with Gasteiger partial charge in [0.2, 0.25) is 0 Å². The lowest BCUT2D eigenvalue weighted by Gasteiger charge is -2.23. The van der Waals surface area contributed by atoms with Crippen LogP contribution in [0.15, 0.2) is 18.2 Å². The Hall–Kier alpha value is -1.42. The quantitative estimate of drug-likeness (QED) is 0.833. The van der Waals surface area contributed by atoms with E-state index in [2.05, 4.69) is 4.98 Å². The number of carboxylic acid groups (broad SMARTS) is 1. The van der Waals surface area contributed by atoms with Gasteiger partial charge < -0.3 is 9.84 Å². The molecular weight excluding hydrogens is 206 g/mol. The number of aromatic carboxylic acids is 1. The molecular formula is C12H17NO3. The van der Waals surface area contributed by atoms with Crippen LogP contribution in [0.5, 0.6) is 0 Å². The summed E-state index contributed by atoms with van der Waals surface area (Å²) in [4.78, 5) is 14.7. The molecule has 1 heterocycles. The van der Waals surface area contributed by atoms with Gasteiger partial charge in [0, 0.05) is 0 Å². The molecule has 0 aliphatic carbocycles. The fourth-order valence-corrected chi connectivity index (χ4v) is 1.05. The molecule has 16 heavy (non-hydrogen) atoms. The Balaban J connectivity index is 2.68. The molecule has 0 unspecified atom stereocenters. The van der Waals surface area contributed by atoms with Gasteiger partial charge in [0.15, 0.2) is 0 Å². The number of rotatable bonds is 5. The van der Waals surface area contributed by atoms with Crippen molar-refractivity contribution in [1.29, 1.82) is 0 Å². The van der Waals surface area contributed by atoms with Gasteiger partial charge >= 0.3 is 5.97 Å². The van der Waals surface area contributed by atoms with E-state index in [0.29, 0.717) is 12.3 Å². The molecule has 0 saturated heterocycles. The van der Waals surface area contributed by atoms with Crippen molar-refractivity contribution in [2.24, 2.45) is 0 Å². The number of aromatic nitrogens is 1. The highest BCUT2D eigenvalue weighted by Gasteiger charge is 2.15. The zero-order chi connectivity index (χ0) is 12.2. The third kappa shape index (κ3) is 3.62. The van der Waals surface area contributed by atoms with Crippen LogP contribution in [0.1, 0.15) is 43.4 Å². The maximum atomic E-state index is 10.7. The van der Waals surface area contributed by atoms with Gasteiger partial charge in [0.25, 0.3) is 0 Å². The minimum atomic E-state index is -1.02. The van der Waals surface area contributed by atoms with Crippen LogP contribution in [0.4, 0.5) is 0 Å². The van der Waals surface area contributed by atoms with E-state index in [1.807, 2.05) is 20.8 Å². The van der Waals surface area contributed by atoms with E-state index in [-0.39, 0.29) is 11.3 Å². The normalized spacial score (nSPS) is 11.4. The lowest BCUT2D eigenvalue weighted by atomic mass is 10.1. The number of carboxylic acids is 1. The van der Waals surface area contributed by atoms with E-state index in [1.54, 1.807) is 12.1 Å². The second-order valence-electron chi connectivity index (χ2n) is 4.22. The Labute approximate surface area is 95.3 Å². The molecule has 0 fully saturated rings. The van der Waals surface area contributed by atoms with E-state index in [4.69, 9.17) is 9.84 Å².